The minimum Gasteiger partial charge on any atom is -0.493 e. The van der Waals surface area contributed by atoms with Crippen LogP contribution in [0, 0.1) is 5.92 Å². The fraction of sp³-hybridized carbons (Fsp3) is 0.611. The van der Waals surface area contributed by atoms with Crippen LogP contribution in [-0.4, -0.2) is 71.4 Å². The largest absolute Gasteiger partial charge is 0.493 e. The molecule has 158 valence electrons. The number of methoxy groups -OCH3 is 3. The molecule has 1 aliphatic heterocycles. The second-order valence-electron chi connectivity index (χ2n) is 6.70. The SMILES string of the molecule is COc1ccc(CNC(=O)C2CCCN(S(=O)(=O)N(C)C)C2)c(OC)c1OC. The number of nitrogens with zero attached hydrogens (tertiary/aromatic N) is 2. The van der Waals surface area contributed by atoms with Crippen LogP contribution in [0.1, 0.15) is 18.4 Å². The van der Waals surface area contributed by atoms with E-state index in [0.717, 1.165) is 5.56 Å². The van der Waals surface area contributed by atoms with Crippen molar-refractivity contribution >= 4 is 16.1 Å². The second-order valence-corrected chi connectivity index (χ2v) is 8.84. The van der Waals surface area contributed by atoms with Gasteiger partial charge in [-0.2, -0.15) is 17.0 Å². The van der Waals surface area contributed by atoms with Crippen molar-refractivity contribution < 1.29 is 27.4 Å². The molecule has 1 N–H and O–H groups in total. The number of hydrogen-bond acceptors (Lipinski definition) is 6. The van der Waals surface area contributed by atoms with Gasteiger partial charge < -0.3 is 19.5 Å². The van der Waals surface area contributed by atoms with E-state index >= 15 is 0 Å². The zero-order valence-corrected chi connectivity index (χ0v) is 17.8. The van der Waals surface area contributed by atoms with Gasteiger partial charge >= 0.3 is 0 Å². The van der Waals surface area contributed by atoms with Crippen LogP contribution in [0.3, 0.4) is 0 Å². The summed E-state index contributed by atoms with van der Waals surface area (Å²) in [6.07, 6.45) is 1.29. The van der Waals surface area contributed by atoms with E-state index in [9.17, 15) is 13.2 Å². The Morgan fingerprint density at radius 2 is 1.86 bits per heavy atom. The molecule has 0 aliphatic carbocycles. The Morgan fingerprint density at radius 1 is 1.18 bits per heavy atom. The molecule has 1 fully saturated rings. The third-order valence-corrected chi connectivity index (χ3v) is 6.69. The predicted octanol–water partition coefficient (Wildman–Crippen LogP) is 0.847. The van der Waals surface area contributed by atoms with Crippen LogP contribution in [0.2, 0.25) is 0 Å². The minimum atomic E-state index is -3.52. The molecular formula is C18H29N3O6S. The van der Waals surface area contributed by atoms with Crippen molar-refractivity contribution in [2.24, 2.45) is 5.92 Å². The van der Waals surface area contributed by atoms with Crippen molar-refractivity contribution in [3.05, 3.63) is 17.7 Å². The zero-order chi connectivity index (χ0) is 20.9. The monoisotopic (exact) mass is 415 g/mol. The van der Waals surface area contributed by atoms with Crippen molar-refractivity contribution in [1.82, 2.24) is 13.9 Å². The molecule has 1 aromatic rings. The normalized spacial score (nSPS) is 18.0. The molecule has 2 rings (SSSR count). The fourth-order valence-corrected chi connectivity index (χ4v) is 4.42. The summed E-state index contributed by atoms with van der Waals surface area (Å²) in [7, 11) is 4.03. The molecule has 0 saturated carbocycles. The van der Waals surface area contributed by atoms with E-state index in [-0.39, 0.29) is 19.0 Å². The number of ether oxygens (including phenoxy) is 3. The summed E-state index contributed by atoms with van der Waals surface area (Å²) in [5, 5.41) is 2.88. The molecule has 28 heavy (non-hydrogen) atoms. The first kappa shape index (κ1) is 22.3. The van der Waals surface area contributed by atoms with E-state index in [4.69, 9.17) is 14.2 Å². The van der Waals surface area contributed by atoms with Crippen LogP contribution in [0.25, 0.3) is 0 Å². The first-order valence-corrected chi connectivity index (χ1v) is 10.4. The standard InChI is InChI=1S/C18H29N3O6S/c1-20(2)28(23,24)21-10-6-7-14(12-21)18(22)19-11-13-8-9-15(25-3)17(27-5)16(13)26-4/h8-9,14H,6-7,10-12H2,1-5H3,(H,19,22). The maximum atomic E-state index is 12.6. The van der Waals surface area contributed by atoms with Gasteiger partial charge in [-0.25, -0.2) is 0 Å². The molecular weight excluding hydrogens is 386 g/mol. The number of benzene rings is 1. The zero-order valence-electron chi connectivity index (χ0n) is 17.0. The Bertz CT molecular complexity index is 797. The Balaban J connectivity index is 2.08. The van der Waals surface area contributed by atoms with Gasteiger partial charge in [0.1, 0.15) is 0 Å². The molecule has 9 nitrogen and oxygen atoms in total. The van der Waals surface area contributed by atoms with E-state index in [1.807, 2.05) is 0 Å². The van der Waals surface area contributed by atoms with E-state index in [1.165, 1.54) is 44.0 Å². The number of piperidine rings is 1. The third kappa shape index (κ3) is 4.68. The summed E-state index contributed by atoms with van der Waals surface area (Å²) in [6, 6.07) is 3.54. The van der Waals surface area contributed by atoms with Gasteiger partial charge in [-0.1, -0.05) is 0 Å². The summed E-state index contributed by atoms with van der Waals surface area (Å²) in [6.45, 7) is 0.836. The minimum absolute atomic E-state index is 0.176. The molecule has 1 atom stereocenters. The average molecular weight is 416 g/mol. The van der Waals surface area contributed by atoms with Crippen LogP contribution in [0.5, 0.6) is 17.2 Å². The van der Waals surface area contributed by atoms with Gasteiger partial charge in [-0.15, -0.1) is 0 Å². The summed E-state index contributed by atoms with van der Waals surface area (Å²) < 4.78 is 43.2. The van der Waals surface area contributed by atoms with Gasteiger partial charge in [0, 0.05) is 39.3 Å². The number of carbonyl (C=O) groups excluding carboxylic acids is 1. The topological polar surface area (TPSA) is 97.4 Å². The Hall–Kier alpha value is -2.04. The van der Waals surface area contributed by atoms with E-state index in [2.05, 4.69) is 5.32 Å². The molecule has 1 amide bonds. The van der Waals surface area contributed by atoms with E-state index in [0.29, 0.717) is 36.6 Å². The first-order chi connectivity index (χ1) is 13.3. The highest BCUT2D eigenvalue weighted by Crippen LogP contribution is 2.39. The van der Waals surface area contributed by atoms with Crippen molar-refractivity contribution in [3.63, 3.8) is 0 Å². The van der Waals surface area contributed by atoms with Crippen LogP contribution in [0.15, 0.2) is 12.1 Å². The van der Waals surface area contributed by atoms with Crippen LogP contribution in [0.4, 0.5) is 0 Å². The molecule has 1 unspecified atom stereocenters. The highest BCUT2D eigenvalue weighted by atomic mass is 32.2. The summed E-state index contributed by atoms with van der Waals surface area (Å²) in [4.78, 5) is 12.6. The molecule has 1 aromatic carbocycles. The Morgan fingerprint density at radius 3 is 2.43 bits per heavy atom. The predicted molar refractivity (Wildman–Crippen MR) is 105 cm³/mol. The van der Waals surface area contributed by atoms with Gasteiger partial charge in [-0.3, -0.25) is 4.79 Å². The molecule has 10 heteroatoms. The summed E-state index contributed by atoms with van der Waals surface area (Å²) >= 11 is 0. The molecule has 1 heterocycles. The maximum absolute atomic E-state index is 12.6. The van der Waals surface area contributed by atoms with Crippen LogP contribution >= 0.6 is 0 Å². The summed E-state index contributed by atoms with van der Waals surface area (Å²) in [5.74, 6) is 0.900. The highest BCUT2D eigenvalue weighted by molar-refractivity contribution is 7.86. The smallest absolute Gasteiger partial charge is 0.281 e. The van der Waals surface area contributed by atoms with Gasteiger partial charge in [0.15, 0.2) is 11.5 Å². The Labute approximate surface area is 166 Å². The second kappa shape index (κ2) is 9.44. The third-order valence-electron chi connectivity index (χ3n) is 4.78. The van der Waals surface area contributed by atoms with E-state index < -0.39 is 16.1 Å². The lowest BCUT2D eigenvalue weighted by molar-refractivity contribution is -0.126. The first-order valence-electron chi connectivity index (χ1n) is 8.99. The van der Waals surface area contributed by atoms with Crippen molar-refractivity contribution in [2.75, 3.05) is 48.5 Å². The highest BCUT2D eigenvalue weighted by Gasteiger charge is 2.33. The lowest BCUT2D eigenvalue weighted by Gasteiger charge is -2.32. The van der Waals surface area contributed by atoms with Crippen molar-refractivity contribution in [1.29, 1.82) is 0 Å². The van der Waals surface area contributed by atoms with Crippen LogP contribution < -0.4 is 19.5 Å². The lowest BCUT2D eigenvalue weighted by atomic mass is 9.98. The molecule has 0 aromatic heterocycles. The van der Waals surface area contributed by atoms with E-state index in [1.54, 1.807) is 12.1 Å². The molecule has 0 radical (unpaired) electrons. The molecule has 0 bridgehead atoms. The van der Waals surface area contributed by atoms with Crippen molar-refractivity contribution in [3.8, 4) is 17.2 Å². The molecule has 1 aliphatic rings. The fourth-order valence-electron chi connectivity index (χ4n) is 3.23. The number of carbonyl (C=O) groups is 1. The molecule has 1 saturated heterocycles. The number of nitrogens with one attached hydrogen (secondary N) is 1. The lowest BCUT2D eigenvalue weighted by Crippen LogP contribution is -2.48. The van der Waals surface area contributed by atoms with Gasteiger partial charge in [-0.05, 0) is 25.0 Å². The van der Waals surface area contributed by atoms with Crippen LogP contribution in [-0.2, 0) is 21.5 Å². The maximum Gasteiger partial charge on any atom is 0.281 e. The van der Waals surface area contributed by atoms with Crippen molar-refractivity contribution in [2.45, 2.75) is 19.4 Å². The number of rotatable bonds is 8. The van der Waals surface area contributed by atoms with Gasteiger partial charge in [0.05, 0.1) is 27.2 Å². The quantitative estimate of drug-likeness (QED) is 0.676. The molecule has 0 spiro atoms. The van der Waals surface area contributed by atoms with Gasteiger partial charge in [0.25, 0.3) is 10.2 Å². The van der Waals surface area contributed by atoms with Gasteiger partial charge in [0.2, 0.25) is 11.7 Å². The number of amides is 1. The Kier molecular flexibility index (Phi) is 7.50. The average Bonchev–Trinajstić information content (AvgIpc) is 2.70. The number of hydrogen-bond donors (Lipinski definition) is 1. The summed E-state index contributed by atoms with van der Waals surface area (Å²) in [5.41, 5.74) is 0.738.